The molecule has 0 aliphatic heterocycles. The van der Waals surface area contributed by atoms with Gasteiger partial charge in [-0.25, -0.2) is 0 Å². The Labute approximate surface area is 91.6 Å². The van der Waals surface area contributed by atoms with Crippen LogP contribution in [0.25, 0.3) is 0 Å². The number of nitrogens with two attached hydrogens (primary N) is 1. The van der Waals surface area contributed by atoms with Crippen molar-refractivity contribution in [2.75, 3.05) is 11.1 Å². The molecule has 1 aromatic rings. The molecule has 0 radical (unpaired) electrons. The Morgan fingerprint density at radius 2 is 1.94 bits per heavy atom. The molecule has 0 saturated heterocycles. The maximum atomic E-state index is 12.7. The fraction of sp³-hybridized carbons (Fsp3) is 0.455. The van der Waals surface area contributed by atoms with Gasteiger partial charge >= 0.3 is 6.18 Å². The van der Waals surface area contributed by atoms with E-state index >= 15 is 0 Å². The zero-order valence-corrected chi connectivity index (χ0v) is 8.86. The standard InChI is InChI=1S/C11H13F3N2/c1-7-8(15)3-2-4-9(7)16-10(5-6-10)11(12,13)14/h2-4,16H,5-6,15H2,1H3. The first-order valence-corrected chi connectivity index (χ1v) is 5.06. The molecular formula is C11H13F3N2. The van der Waals surface area contributed by atoms with E-state index in [1.54, 1.807) is 25.1 Å². The third-order valence-electron chi connectivity index (χ3n) is 3.04. The highest BCUT2D eigenvalue weighted by molar-refractivity contribution is 5.64. The van der Waals surface area contributed by atoms with Crippen molar-refractivity contribution in [3.63, 3.8) is 0 Å². The van der Waals surface area contributed by atoms with Crippen LogP contribution in [-0.4, -0.2) is 11.7 Å². The summed E-state index contributed by atoms with van der Waals surface area (Å²) in [5.41, 5.74) is 5.55. The largest absolute Gasteiger partial charge is 0.411 e. The number of rotatable bonds is 2. The summed E-state index contributed by atoms with van der Waals surface area (Å²) in [6, 6.07) is 4.95. The highest BCUT2D eigenvalue weighted by Crippen LogP contribution is 2.51. The smallest absolute Gasteiger partial charge is 0.398 e. The number of hydrogen-bond acceptors (Lipinski definition) is 2. The molecule has 2 nitrogen and oxygen atoms in total. The number of nitrogens with one attached hydrogen (secondary N) is 1. The van der Waals surface area contributed by atoms with Crippen LogP contribution in [0.4, 0.5) is 24.5 Å². The first kappa shape index (κ1) is 11.1. The van der Waals surface area contributed by atoms with E-state index in [0.717, 1.165) is 0 Å². The second-order valence-corrected chi connectivity index (χ2v) is 4.22. The van der Waals surface area contributed by atoms with Crippen LogP contribution in [0.5, 0.6) is 0 Å². The Hall–Kier alpha value is -1.39. The van der Waals surface area contributed by atoms with Gasteiger partial charge in [0.25, 0.3) is 0 Å². The molecule has 1 aromatic carbocycles. The normalized spacial score (nSPS) is 18.2. The molecule has 3 N–H and O–H groups in total. The molecule has 5 heteroatoms. The van der Waals surface area contributed by atoms with Gasteiger partial charge in [-0.2, -0.15) is 13.2 Å². The first-order chi connectivity index (χ1) is 7.36. The van der Waals surface area contributed by atoms with E-state index in [1.807, 2.05) is 0 Å². The van der Waals surface area contributed by atoms with Gasteiger partial charge in [-0.3, -0.25) is 0 Å². The second-order valence-electron chi connectivity index (χ2n) is 4.22. The molecule has 1 saturated carbocycles. The highest BCUT2D eigenvalue weighted by Gasteiger charge is 2.63. The number of anilines is 2. The van der Waals surface area contributed by atoms with Gasteiger partial charge in [0.15, 0.2) is 0 Å². The van der Waals surface area contributed by atoms with Gasteiger partial charge in [-0.15, -0.1) is 0 Å². The van der Waals surface area contributed by atoms with Crippen molar-refractivity contribution in [1.29, 1.82) is 0 Å². The van der Waals surface area contributed by atoms with Crippen molar-refractivity contribution in [3.05, 3.63) is 23.8 Å². The predicted molar refractivity (Wildman–Crippen MR) is 57.2 cm³/mol. The number of halogens is 3. The van der Waals surface area contributed by atoms with Gasteiger partial charge in [0.1, 0.15) is 5.54 Å². The Bertz CT molecular complexity index is 408. The van der Waals surface area contributed by atoms with Crippen LogP contribution in [0, 0.1) is 6.92 Å². The average Bonchev–Trinajstić information content (AvgIpc) is 2.93. The predicted octanol–water partition coefficient (Wildman–Crippen LogP) is 3.08. The molecule has 0 aromatic heterocycles. The van der Waals surface area contributed by atoms with Gasteiger partial charge < -0.3 is 11.1 Å². The Balaban J connectivity index is 2.25. The van der Waals surface area contributed by atoms with Crippen molar-refractivity contribution in [3.8, 4) is 0 Å². The molecule has 0 amide bonds. The number of hydrogen-bond donors (Lipinski definition) is 2. The summed E-state index contributed by atoms with van der Waals surface area (Å²) in [6.07, 6.45) is -3.94. The van der Waals surface area contributed by atoms with Gasteiger partial charge in [0.05, 0.1) is 0 Å². The van der Waals surface area contributed by atoms with Gasteiger partial charge in [-0.1, -0.05) is 6.07 Å². The fourth-order valence-electron chi connectivity index (χ4n) is 1.65. The lowest BCUT2D eigenvalue weighted by Crippen LogP contribution is -2.38. The molecule has 2 rings (SSSR count). The molecule has 0 heterocycles. The monoisotopic (exact) mass is 230 g/mol. The van der Waals surface area contributed by atoms with Crippen LogP contribution in [0.15, 0.2) is 18.2 Å². The van der Waals surface area contributed by atoms with Gasteiger partial charge in [0, 0.05) is 11.4 Å². The average molecular weight is 230 g/mol. The first-order valence-electron chi connectivity index (χ1n) is 5.06. The van der Waals surface area contributed by atoms with E-state index in [4.69, 9.17) is 5.73 Å². The number of benzene rings is 1. The molecule has 88 valence electrons. The molecular weight excluding hydrogens is 217 g/mol. The maximum Gasteiger partial charge on any atom is 0.411 e. The van der Waals surface area contributed by atoms with Crippen molar-refractivity contribution in [2.45, 2.75) is 31.5 Å². The molecule has 16 heavy (non-hydrogen) atoms. The molecule has 0 atom stereocenters. The maximum absolute atomic E-state index is 12.7. The van der Waals surface area contributed by atoms with Crippen LogP contribution < -0.4 is 11.1 Å². The zero-order valence-electron chi connectivity index (χ0n) is 8.86. The van der Waals surface area contributed by atoms with Gasteiger partial charge in [-0.05, 0) is 37.5 Å². The topological polar surface area (TPSA) is 38.0 Å². The summed E-state index contributed by atoms with van der Waals surface area (Å²) < 4.78 is 38.2. The van der Waals surface area contributed by atoms with E-state index in [-0.39, 0.29) is 12.8 Å². The molecule has 1 aliphatic carbocycles. The molecule has 0 unspecified atom stereocenters. The summed E-state index contributed by atoms with van der Waals surface area (Å²) >= 11 is 0. The Morgan fingerprint density at radius 3 is 2.44 bits per heavy atom. The SMILES string of the molecule is Cc1c(N)cccc1NC1(C(F)(F)F)CC1. The van der Waals surface area contributed by atoms with Gasteiger partial charge in [0.2, 0.25) is 0 Å². The fourth-order valence-corrected chi connectivity index (χ4v) is 1.65. The Morgan fingerprint density at radius 1 is 1.31 bits per heavy atom. The summed E-state index contributed by atoms with van der Waals surface area (Å²) in [6.45, 7) is 1.71. The van der Waals surface area contributed by atoms with E-state index in [0.29, 0.717) is 16.9 Å². The quantitative estimate of drug-likeness (QED) is 0.766. The minimum atomic E-state index is -4.20. The lowest BCUT2D eigenvalue weighted by molar-refractivity contribution is -0.151. The van der Waals surface area contributed by atoms with Crippen LogP contribution in [-0.2, 0) is 0 Å². The van der Waals surface area contributed by atoms with Crippen molar-refractivity contribution in [1.82, 2.24) is 0 Å². The lowest BCUT2D eigenvalue weighted by atomic mass is 10.1. The van der Waals surface area contributed by atoms with Crippen molar-refractivity contribution >= 4 is 11.4 Å². The van der Waals surface area contributed by atoms with Crippen molar-refractivity contribution in [2.24, 2.45) is 0 Å². The number of alkyl halides is 3. The minimum Gasteiger partial charge on any atom is -0.398 e. The van der Waals surface area contributed by atoms with Crippen LogP contribution in [0.2, 0.25) is 0 Å². The van der Waals surface area contributed by atoms with E-state index in [2.05, 4.69) is 5.32 Å². The Kier molecular flexibility index (Phi) is 2.29. The molecule has 0 bridgehead atoms. The second kappa shape index (κ2) is 3.30. The summed E-state index contributed by atoms with van der Waals surface area (Å²) in [5.74, 6) is 0. The zero-order chi connectivity index (χ0) is 12.0. The summed E-state index contributed by atoms with van der Waals surface area (Å²) in [4.78, 5) is 0. The van der Waals surface area contributed by atoms with Crippen LogP contribution >= 0.6 is 0 Å². The van der Waals surface area contributed by atoms with E-state index in [9.17, 15) is 13.2 Å². The van der Waals surface area contributed by atoms with Crippen molar-refractivity contribution < 1.29 is 13.2 Å². The minimum absolute atomic E-state index is 0.130. The van der Waals surface area contributed by atoms with E-state index < -0.39 is 11.7 Å². The summed E-state index contributed by atoms with van der Waals surface area (Å²) in [7, 11) is 0. The molecule has 1 fully saturated rings. The van der Waals surface area contributed by atoms with Crippen LogP contribution in [0.3, 0.4) is 0 Å². The van der Waals surface area contributed by atoms with E-state index in [1.165, 1.54) is 0 Å². The molecule has 0 spiro atoms. The number of nitrogen functional groups attached to an aromatic ring is 1. The third kappa shape index (κ3) is 1.70. The summed E-state index contributed by atoms with van der Waals surface area (Å²) in [5, 5.41) is 2.57. The molecule has 1 aliphatic rings. The van der Waals surface area contributed by atoms with Crippen LogP contribution in [0.1, 0.15) is 18.4 Å². The third-order valence-corrected chi connectivity index (χ3v) is 3.04. The lowest BCUT2D eigenvalue weighted by Gasteiger charge is -2.23. The highest BCUT2D eigenvalue weighted by atomic mass is 19.4.